The minimum absolute atomic E-state index is 0.118. The van der Waals surface area contributed by atoms with Crippen molar-refractivity contribution in [3.05, 3.63) is 33.9 Å². The Morgan fingerprint density at radius 2 is 2.38 bits per heavy atom. The van der Waals surface area contributed by atoms with Gasteiger partial charge in [0, 0.05) is 24.7 Å². The molecule has 1 aromatic carbocycles. The van der Waals surface area contributed by atoms with Crippen LogP contribution in [0, 0.1) is 16.0 Å². The Morgan fingerprint density at radius 1 is 1.57 bits per heavy atom. The number of nitrogens with one attached hydrogen (secondary N) is 2. The number of nitro benzene ring substituents is 1. The second-order valence-electron chi connectivity index (χ2n) is 5.01. The van der Waals surface area contributed by atoms with Crippen molar-refractivity contribution in [2.24, 2.45) is 5.92 Å². The summed E-state index contributed by atoms with van der Waals surface area (Å²) >= 11 is 0. The third kappa shape index (κ3) is 3.91. The summed E-state index contributed by atoms with van der Waals surface area (Å²) in [6.07, 6.45) is 1.94. The van der Waals surface area contributed by atoms with E-state index in [4.69, 9.17) is 4.74 Å². The highest BCUT2D eigenvalue weighted by Crippen LogP contribution is 2.28. The number of nitrogens with zero attached hydrogens (tertiary/aromatic N) is 1. The fourth-order valence-corrected chi connectivity index (χ4v) is 2.36. The number of rotatable bonds is 6. The lowest BCUT2D eigenvalue weighted by Crippen LogP contribution is -2.18. The van der Waals surface area contributed by atoms with E-state index in [9.17, 15) is 14.9 Å². The average molecular weight is 293 g/mol. The van der Waals surface area contributed by atoms with Gasteiger partial charge in [0.25, 0.3) is 5.91 Å². The van der Waals surface area contributed by atoms with Gasteiger partial charge >= 0.3 is 5.69 Å². The highest BCUT2D eigenvalue weighted by Gasteiger charge is 2.19. The molecule has 1 aromatic rings. The molecule has 1 aliphatic heterocycles. The normalized spacial score (nSPS) is 17.5. The summed E-state index contributed by atoms with van der Waals surface area (Å²) in [5, 5.41) is 16.8. The van der Waals surface area contributed by atoms with Gasteiger partial charge in [0.05, 0.1) is 11.5 Å². The molecule has 2 N–H and O–H groups in total. The van der Waals surface area contributed by atoms with E-state index in [1.54, 1.807) is 0 Å². The summed E-state index contributed by atoms with van der Waals surface area (Å²) < 4.78 is 5.55. The number of hydrogen-bond donors (Lipinski definition) is 2. The van der Waals surface area contributed by atoms with E-state index in [0.717, 1.165) is 25.9 Å². The third-order valence-electron chi connectivity index (χ3n) is 3.59. The van der Waals surface area contributed by atoms with Crippen LogP contribution in [0.2, 0.25) is 0 Å². The summed E-state index contributed by atoms with van der Waals surface area (Å²) in [4.78, 5) is 22.1. The van der Waals surface area contributed by atoms with E-state index >= 15 is 0 Å². The minimum atomic E-state index is -0.500. The van der Waals surface area contributed by atoms with Crippen LogP contribution in [0.4, 0.5) is 5.69 Å². The van der Waals surface area contributed by atoms with Crippen LogP contribution >= 0.6 is 0 Å². The Balaban J connectivity index is 2.06. The molecule has 1 aliphatic rings. The standard InChI is InChI=1S/C14H19N3O4/c1-15-14(18)11-2-3-12(17(19)20)13(8-11)21-7-5-10-4-6-16-9-10/h2-3,8,10,16H,4-7,9H2,1H3,(H,15,18). The molecular weight excluding hydrogens is 274 g/mol. The molecule has 7 heteroatoms. The van der Waals surface area contributed by atoms with Crippen molar-refractivity contribution in [1.82, 2.24) is 10.6 Å². The second kappa shape index (κ2) is 7.03. The molecule has 1 heterocycles. The summed E-state index contributed by atoms with van der Waals surface area (Å²) in [7, 11) is 1.51. The number of benzene rings is 1. The van der Waals surface area contributed by atoms with E-state index < -0.39 is 4.92 Å². The lowest BCUT2D eigenvalue weighted by Gasteiger charge is -2.11. The second-order valence-corrected chi connectivity index (χ2v) is 5.01. The van der Waals surface area contributed by atoms with Gasteiger partial charge in [0.15, 0.2) is 5.75 Å². The smallest absolute Gasteiger partial charge is 0.310 e. The van der Waals surface area contributed by atoms with Gasteiger partial charge in [-0.05, 0) is 37.9 Å². The van der Waals surface area contributed by atoms with E-state index in [0.29, 0.717) is 18.1 Å². The number of carbonyl (C=O) groups is 1. The zero-order valence-corrected chi connectivity index (χ0v) is 11.9. The molecule has 21 heavy (non-hydrogen) atoms. The van der Waals surface area contributed by atoms with Gasteiger partial charge in [-0.3, -0.25) is 14.9 Å². The topological polar surface area (TPSA) is 93.5 Å². The molecule has 1 fully saturated rings. The Labute approximate surface area is 122 Å². The summed E-state index contributed by atoms with van der Waals surface area (Å²) in [6, 6.07) is 4.14. The van der Waals surface area contributed by atoms with Crippen molar-refractivity contribution in [2.75, 3.05) is 26.7 Å². The molecule has 1 amide bonds. The molecule has 0 aliphatic carbocycles. The van der Waals surface area contributed by atoms with E-state index in [2.05, 4.69) is 10.6 Å². The number of ether oxygens (including phenoxy) is 1. The van der Waals surface area contributed by atoms with E-state index in [-0.39, 0.29) is 17.3 Å². The molecule has 2 rings (SSSR count). The van der Waals surface area contributed by atoms with Crippen LogP contribution in [0.5, 0.6) is 5.75 Å². The van der Waals surface area contributed by atoms with Crippen LogP contribution in [0.3, 0.4) is 0 Å². The van der Waals surface area contributed by atoms with Gasteiger partial charge in [-0.15, -0.1) is 0 Å². The monoisotopic (exact) mass is 293 g/mol. The predicted molar refractivity (Wildman–Crippen MR) is 77.6 cm³/mol. The van der Waals surface area contributed by atoms with Gasteiger partial charge < -0.3 is 15.4 Å². The van der Waals surface area contributed by atoms with Gasteiger partial charge in [0.1, 0.15) is 0 Å². The molecule has 114 valence electrons. The quantitative estimate of drug-likeness (QED) is 0.609. The fourth-order valence-electron chi connectivity index (χ4n) is 2.36. The van der Waals surface area contributed by atoms with Crippen molar-refractivity contribution in [3.63, 3.8) is 0 Å². The largest absolute Gasteiger partial charge is 0.487 e. The van der Waals surface area contributed by atoms with Gasteiger partial charge in [-0.25, -0.2) is 0 Å². The maximum Gasteiger partial charge on any atom is 0.310 e. The van der Waals surface area contributed by atoms with Crippen LogP contribution in [-0.4, -0.2) is 37.6 Å². The number of hydrogen-bond acceptors (Lipinski definition) is 5. The first-order valence-electron chi connectivity index (χ1n) is 6.96. The van der Waals surface area contributed by atoms with Crippen LogP contribution in [0.25, 0.3) is 0 Å². The Hall–Kier alpha value is -2.15. The summed E-state index contributed by atoms with van der Waals surface area (Å²) in [6.45, 7) is 2.38. The van der Waals surface area contributed by atoms with Gasteiger partial charge in [0.2, 0.25) is 0 Å². The Bertz CT molecular complexity index is 527. The zero-order valence-electron chi connectivity index (χ0n) is 11.9. The zero-order chi connectivity index (χ0) is 15.2. The number of amides is 1. The SMILES string of the molecule is CNC(=O)c1ccc([N+](=O)[O-])c(OCCC2CCNC2)c1. The Morgan fingerprint density at radius 3 is 3.00 bits per heavy atom. The molecule has 7 nitrogen and oxygen atoms in total. The van der Waals surface area contributed by atoms with Crippen molar-refractivity contribution in [2.45, 2.75) is 12.8 Å². The average Bonchev–Trinajstić information content (AvgIpc) is 2.99. The first-order valence-corrected chi connectivity index (χ1v) is 6.96. The number of nitro groups is 1. The summed E-state index contributed by atoms with van der Waals surface area (Å²) in [5.74, 6) is 0.396. The molecule has 1 atom stereocenters. The van der Waals surface area contributed by atoms with E-state index in [1.165, 1.54) is 25.2 Å². The highest BCUT2D eigenvalue weighted by atomic mass is 16.6. The molecule has 0 bridgehead atoms. The first kappa shape index (κ1) is 15.2. The molecule has 0 spiro atoms. The van der Waals surface area contributed by atoms with Crippen LogP contribution in [0.15, 0.2) is 18.2 Å². The van der Waals surface area contributed by atoms with Gasteiger partial charge in [-0.1, -0.05) is 0 Å². The van der Waals surface area contributed by atoms with Crippen LogP contribution in [0.1, 0.15) is 23.2 Å². The summed E-state index contributed by atoms with van der Waals surface area (Å²) in [5.41, 5.74) is 0.229. The van der Waals surface area contributed by atoms with Crippen molar-refractivity contribution in [3.8, 4) is 5.75 Å². The molecule has 1 unspecified atom stereocenters. The Kier molecular flexibility index (Phi) is 5.10. The molecule has 1 saturated heterocycles. The van der Waals surface area contributed by atoms with Crippen molar-refractivity contribution in [1.29, 1.82) is 0 Å². The molecule has 0 aromatic heterocycles. The van der Waals surface area contributed by atoms with Crippen molar-refractivity contribution >= 4 is 11.6 Å². The maximum absolute atomic E-state index is 11.6. The van der Waals surface area contributed by atoms with Gasteiger partial charge in [-0.2, -0.15) is 0 Å². The van der Waals surface area contributed by atoms with E-state index in [1.807, 2.05) is 0 Å². The third-order valence-corrected chi connectivity index (χ3v) is 3.59. The van der Waals surface area contributed by atoms with Crippen LogP contribution in [-0.2, 0) is 0 Å². The fraction of sp³-hybridized carbons (Fsp3) is 0.500. The van der Waals surface area contributed by atoms with Crippen molar-refractivity contribution < 1.29 is 14.5 Å². The minimum Gasteiger partial charge on any atom is -0.487 e. The first-order chi connectivity index (χ1) is 10.1. The number of carbonyl (C=O) groups excluding carboxylic acids is 1. The maximum atomic E-state index is 11.6. The molecule has 0 radical (unpaired) electrons. The highest BCUT2D eigenvalue weighted by molar-refractivity contribution is 5.94. The molecule has 0 saturated carbocycles. The lowest BCUT2D eigenvalue weighted by atomic mass is 10.1. The lowest BCUT2D eigenvalue weighted by molar-refractivity contribution is -0.385. The predicted octanol–water partition coefficient (Wildman–Crippen LogP) is 1.33. The van der Waals surface area contributed by atoms with Crippen LogP contribution < -0.4 is 15.4 Å². The molecular formula is C14H19N3O4.